The Morgan fingerprint density at radius 3 is 2.78 bits per heavy atom. The molecule has 0 unspecified atom stereocenters. The third-order valence-electron chi connectivity index (χ3n) is 3.84. The van der Waals surface area contributed by atoms with Crippen molar-refractivity contribution in [3.63, 3.8) is 0 Å². The molecule has 8 heteroatoms. The Kier molecular flexibility index (Phi) is 5.44. The van der Waals surface area contributed by atoms with Gasteiger partial charge in [0.2, 0.25) is 5.88 Å². The second-order valence-electron chi connectivity index (χ2n) is 6.19. The molecule has 0 atom stereocenters. The van der Waals surface area contributed by atoms with Gasteiger partial charge in [-0.1, -0.05) is 19.9 Å². The lowest BCUT2D eigenvalue weighted by Crippen LogP contribution is -2.23. The van der Waals surface area contributed by atoms with Gasteiger partial charge in [-0.15, -0.1) is 0 Å². The van der Waals surface area contributed by atoms with E-state index < -0.39 is 11.6 Å². The number of pyridine rings is 1. The monoisotopic (exact) mass is 372 g/mol. The van der Waals surface area contributed by atoms with Crippen LogP contribution in [-0.4, -0.2) is 21.1 Å². The fraction of sp³-hybridized carbons (Fsp3) is 0.211. The molecule has 1 amide bonds. The highest BCUT2D eigenvalue weighted by Crippen LogP contribution is 2.26. The molecule has 0 saturated heterocycles. The number of nitrogens with one attached hydrogen (secondary N) is 2. The summed E-state index contributed by atoms with van der Waals surface area (Å²) in [5.74, 6) is -1.71. The highest BCUT2D eigenvalue weighted by molar-refractivity contribution is 5.92. The summed E-state index contributed by atoms with van der Waals surface area (Å²) in [5, 5.41) is 9.53. The molecule has 140 valence electrons. The number of carbonyl (C=O) groups excluding carboxylic acids is 1. The van der Waals surface area contributed by atoms with E-state index in [0.29, 0.717) is 5.56 Å². The quantitative estimate of drug-likeness (QED) is 0.687. The maximum atomic E-state index is 13.8. The van der Waals surface area contributed by atoms with Gasteiger partial charge in [-0.25, -0.2) is 13.8 Å². The van der Waals surface area contributed by atoms with Crippen molar-refractivity contribution in [3.8, 4) is 11.6 Å². The predicted octanol–water partition coefficient (Wildman–Crippen LogP) is 3.93. The summed E-state index contributed by atoms with van der Waals surface area (Å²) in [6, 6.07) is 8.04. The largest absolute Gasteiger partial charge is 0.436 e. The average molecular weight is 372 g/mol. The number of aromatic nitrogens is 3. The number of benzene rings is 1. The van der Waals surface area contributed by atoms with Crippen molar-refractivity contribution < 1.29 is 18.3 Å². The first-order valence-electron chi connectivity index (χ1n) is 8.34. The van der Waals surface area contributed by atoms with Crippen molar-refractivity contribution in [2.24, 2.45) is 0 Å². The zero-order valence-electron chi connectivity index (χ0n) is 14.8. The highest BCUT2D eigenvalue weighted by Gasteiger charge is 2.14. The smallest absolute Gasteiger partial charge is 0.272 e. The van der Waals surface area contributed by atoms with Crippen LogP contribution in [0.4, 0.5) is 8.78 Å². The molecule has 0 aliphatic carbocycles. The molecule has 3 rings (SSSR count). The highest BCUT2D eigenvalue weighted by atomic mass is 19.1. The van der Waals surface area contributed by atoms with Crippen LogP contribution in [0, 0.1) is 11.6 Å². The summed E-state index contributed by atoms with van der Waals surface area (Å²) in [5.41, 5.74) is 1.67. The summed E-state index contributed by atoms with van der Waals surface area (Å²) < 4.78 is 32.3. The van der Waals surface area contributed by atoms with Gasteiger partial charge in [0, 0.05) is 30.1 Å². The van der Waals surface area contributed by atoms with Crippen LogP contribution < -0.4 is 10.1 Å². The van der Waals surface area contributed by atoms with Gasteiger partial charge in [-0.05, 0) is 30.2 Å². The Labute approximate surface area is 154 Å². The molecule has 0 aliphatic heterocycles. The second kappa shape index (κ2) is 7.94. The van der Waals surface area contributed by atoms with E-state index in [0.717, 1.165) is 17.8 Å². The van der Waals surface area contributed by atoms with Gasteiger partial charge in [0.1, 0.15) is 11.5 Å². The third-order valence-corrected chi connectivity index (χ3v) is 3.84. The average Bonchev–Trinajstić information content (AvgIpc) is 3.13. The Hall–Kier alpha value is -3.29. The number of halogens is 2. The molecule has 27 heavy (non-hydrogen) atoms. The molecule has 2 heterocycles. The Morgan fingerprint density at radius 2 is 2.07 bits per heavy atom. The standard InChI is InChI=1S/C19H18F2N4O2/c1-11(2)15-9-16(25-24-15)18(26)23-10-12-4-3-7-22-19(12)27-17-6-5-13(20)8-14(17)21/h3-9,11H,10H2,1-2H3,(H,23,26)(H,24,25). The van der Waals surface area contributed by atoms with E-state index in [1.165, 1.54) is 12.3 Å². The van der Waals surface area contributed by atoms with Crippen molar-refractivity contribution in [1.29, 1.82) is 0 Å². The predicted molar refractivity (Wildman–Crippen MR) is 94.5 cm³/mol. The van der Waals surface area contributed by atoms with Gasteiger partial charge in [-0.3, -0.25) is 9.89 Å². The van der Waals surface area contributed by atoms with Gasteiger partial charge in [0.15, 0.2) is 11.6 Å². The number of nitrogens with zero attached hydrogens (tertiary/aromatic N) is 2. The van der Waals surface area contributed by atoms with E-state index in [4.69, 9.17) is 4.74 Å². The van der Waals surface area contributed by atoms with Crippen molar-refractivity contribution in [1.82, 2.24) is 20.5 Å². The van der Waals surface area contributed by atoms with E-state index in [-0.39, 0.29) is 35.7 Å². The third kappa shape index (κ3) is 4.46. The molecule has 6 nitrogen and oxygen atoms in total. The first kappa shape index (κ1) is 18.5. The first-order chi connectivity index (χ1) is 12.9. The molecule has 0 fully saturated rings. The Morgan fingerprint density at radius 1 is 1.26 bits per heavy atom. The van der Waals surface area contributed by atoms with Crippen LogP contribution in [0.3, 0.4) is 0 Å². The van der Waals surface area contributed by atoms with Crippen LogP contribution in [0.1, 0.15) is 41.5 Å². The Bertz CT molecular complexity index is 956. The first-order valence-corrected chi connectivity index (χ1v) is 8.34. The van der Waals surface area contributed by atoms with Crippen molar-refractivity contribution in [2.75, 3.05) is 0 Å². The van der Waals surface area contributed by atoms with Crippen molar-refractivity contribution in [2.45, 2.75) is 26.3 Å². The van der Waals surface area contributed by atoms with Crippen LogP contribution in [0.5, 0.6) is 11.6 Å². The van der Waals surface area contributed by atoms with E-state index in [2.05, 4.69) is 20.5 Å². The van der Waals surface area contributed by atoms with Crippen LogP contribution in [0.2, 0.25) is 0 Å². The van der Waals surface area contributed by atoms with Crippen molar-refractivity contribution in [3.05, 3.63) is 71.2 Å². The van der Waals surface area contributed by atoms with Gasteiger partial charge in [0.25, 0.3) is 5.91 Å². The van der Waals surface area contributed by atoms with E-state index >= 15 is 0 Å². The molecular weight excluding hydrogens is 354 g/mol. The fourth-order valence-corrected chi connectivity index (χ4v) is 2.33. The number of hydrogen-bond donors (Lipinski definition) is 2. The van der Waals surface area contributed by atoms with E-state index in [1.807, 2.05) is 13.8 Å². The summed E-state index contributed by atoms with van der Waals surface area (Å²) >= 11 is 0. The van der Waals surface area contributed by atoms with Crippen LogP contribution >= 0.6 is 0 Å². The zero-order chi connectivity index (χ0) is 19.4. The number of rotatable bonds is 6. The lowest BCUT2D eigenvalue weighted by molar-refractivity contribution is 0.0945. The molecular formula is C19H18F2N4O2. The zero-order valence-corrected chi connectivity index (χ0v) is 14.8. The lowest BCUT2D eigenvalue weighted by Gasteiger charge is -2.11. The molecule has 0 spiro atoms. The van der Waals surface area contributed by atoms with Gasteiger partial charge >= 0.3 is 0 Å². The number of H-pyrrole nitrogens is 1. The maximum Gasteiger partial charge on any atom is 0.272 e. The van der Waals surface area contributed by atoms with Crippen LogP contribution in [-0.2, 0) is 6.54 Å². The van der Waals surface area contributed by atoms with Crippen LogP contribution in [0.15, 0.2) is 42.6 Å². The lowest BCUT2D eigenvalue weighted by atomic mass is 10.1. The summed E-state index contributed by atoms with van der Waals surface area (Å²) in [6.07, 6.45) is 1.48. The summed E-state index contributed by atoms with van der Waals surface area (Å²) in [6.45, 7) is 4.08. The molecule has 1 aromatic carbocycles. The van der Waals surface area contributed by atoms with Gasteiger partial charge in [0.05, 0.1) is 0 Å². The van der Waals surface area contributed by atoms with Crippen molar-refractivity contribution >= 4 is 5.91 Å². The summed E-state index contributed by atoms with van der Waals surface area (Å²) in [4.78, 5) is 16.3. The SMILES string of the molecule is CC(C)c1cc(C(=O)NCc2cccnc2Oc2ccc(F)cc2F)n[nH]1. The minimum absolute atomic E-state index is 0.106. The number of aromatic amines is 1. The van der Waals surface area contributed by atoms with E-state index in [1.54, 1.807) is 18.2 Å². The second-order valence-corrected chi connectivity index (χ2v) is 6.19. The van der Waals surface area contributed by atoms with Gasteiger partial charge in [-0.2, -0.15) is 5.10 Å². The van der Waals surface area contributed by atoms with Crippen LogP contribution in [0.25, 0.3) is 0 Å². The number of carbonyl (C=O) groups is 1. The Balaban J connectivity index is 1.71. The summed E-state index contributed by atoms with van der Waals surface area (Å²) in [7, 11) is 0. The minimum Gasteiger partial charge on any atom is -0.436 e. The molecule has 2 aromatic heterocycles. The topological polar surface area (TPSA) is 79.9 Å². The molecule has 2 N–H and O–H groups in total. The minimum atomic E-state index is -0.839. The van der Waals surface area contributed by atoms with Gasteiger partial charge < -0.3 is 10.1 Å². The molecule has 0 bridgehead atoms. The molecule has 3 aromatic rings. The number of amides is 1. The number of ether oxygens (including phenoxy) is 1. The maximum absolute atomic E-state index is 13.8. The normalized spacial score (nSPS) is 10.9. The molecule has 0 aliphatic rings. The van der Waals surface area contributed by atoms with E-state index in [9.17, 15) is 13.6 Å². The molecule has 0 saturated carbocycles. The molecule has 0 radical (unpaired) electrons. The number of hydrogen-bond acceptors (Lipinski definition) is 4. The fourth-order valence-electron chi connectivity index (χ4n) is 2.33.